The van der Waals surface area contributed by atoms with Crippen molar-refractivity contribution in [2.75, 3.05) is 6.61 Å². The molecule has 1 N–H and O–H groups in total. The number of aryl methyl sites for hydroxylation is 1. The van der Waals surface area contributed by atoms with Gasteiger partial charge in [0.2, 0.25) is 0 Å². The maximum atomic E-state index is 12.2. The fraction of sp³-hybridized carbons (Fsp3) is 0.263. The van der Waals surface area contributed by atoms with Crippen LogP contribution in [0.1, 0.15) is 34.4 Å². The number of rotatable bonds is 5. The number of nitrogens with zero attached hydrogens (tertiary/aromatic N) is 2. The topological polar surface area (TPSA) is 68.8 Å². The van der Waals surface area contributed by atoms with Gasteiger partial charge in [-0.1, -0.05) is 0 Å². The predicted octanol–water partition coefficient (Wildman–Crippen LogP) is 3.55. The lowest BCUT2D eigenvalue weighted by Gasteiger charge is -2.00. The summed E-state index contributed by atoms with van der Waals surface area (Å²) in [5, 5.41) is 4.84. The van der Waals surface area contributed by atoms with Gasteiger partial charge in [-0.15, -0.1) is 0 Å². The molecule has 3 rings (SSSR count). The molecule has 6 nitrogen and oxygen atoms in total. The van der Waals surface area contributed by atoms with Crippen molar-refractivity contribution < 1.29 is 13.9 Å². The van der Waals surface area contributed by atoms with Crippen molar-refractivity contribution in [1.29, 1.82) is 0 Å². The first kappa shape index (κ1) is 16.8. The van der Waals surface area contributed by atoms with Crippen LogP contribution in [0, 0.1) is 13.8 Å². The molecule has 130 valence electrons. The maximum Gasteiger partial charge on any atom is 0.307 e. The van der Waals surface area contributed by atoms with Gasteiger partial charge < -0.3 is 13.7 Å². The zero-order chi connectivity index (χ0) is 18.0. The Bertz CT molecular complexity index is 950. The van der Waals surface area contributed by atoms with Crippen molar-refractivity contribution in [3.63, 3.8) is 0 Å². The number of fused-ring (bicyclic) bond motifs is 1. The molecule has 0 atom stereocenters. The molecule has 0 fully saturated rings. The number of aromatic nitrogens is 1. The molecule has 6 heteroatoms. The van der Waals surface area contributed by atoms with Crippen molar-refractivity contribution in [2.24, 2.45) is 12.1 Å². The minimum Gasteiger partial charge on any atom is -0.494 e. The summed E-state index contributed by atoms with van der Waals surface area (Å²) in [6.07, 6.45) is 1.64. The Morgan fingerprint density at radius 1 is 1.32 bits per heavy atom. The zero-order valence-corrected chi connectivity index (χ0v) is 14.8. The number of hydrazone groups is 1. The van der Waals surface area contributed by atoms with Crippen molar-refractivity contribution in [3.05, 3.63) is 53.0 Å². The fourth-order valence-electron chi connectivity index (χ4n) is 2.62. The molecule has 3 aromatic rings. The van der Waals surface area contributed by atoms with Gasteiger partial charge in [0, 0.05) is 29.4 Å². The van der Waals surface area contributed by atoms with Crippen LogP contribution < -0.4 is 10.2 Å². The van der Waals surface area contributed by atoms with Crippen molar-refractivity contribution >= 4 is 23.1 Å². The van der Waals surface area contributed by atoms with Gasteiger partial charge >= 0.3 is 5.91 Å². The Labute approximate surface area is 146 Å². The minimum absolute atomic E-state index is 0.210. The first-order chi connectivity index (χ1) is 12.0. The highest BCUT2D eigenvalue weighted by Crippen LogP contribution is 2.24. The van der Waals surface area contributed by atoms with E-state index < -0.39 is 5.91 Å². The molecular weight excluding hydrogens is 318 g/mol. The van der Waals surface area contributed by atoms with Crippen LogP contribution in [-0.2, 0) is 7.05 Å². The highest BCUT2D eigenvalue weighted by atomic mass is 16.5. The highest BCUT2D eigenvalue weighted by Gasteiger charge is 2.12. The Kier molecular flexibility index (Phi) is 4.61. The van der Waals surface area contributed by atoms with E-state index in [1.807, 2.05) is 46.0 Å². The molecule has 0 unspecified atom stereocenters. The molecule has 2 heterocycles. The summed E-state index contributed by atoms with van der Waals surface area (Å²) in [5.41, 5.74) is 6.31. The van der Waals surface area contributed by atoms with Gasteiger partial charge in [0.15, 0.2) is 5.76 Å². The summed E-state index contributed by atoms with van der Waals surface area (Å²) in [6.45, 7) is 6.54. The molecule has 0 spiro atoms. The van der Waals surface area contributed by atoms with Gasteiger partial charge in [-0.05, 0) is 51.1 Å². The van der Waals surface area contributed by atoms with Crippen molar-refractivity contribution in [1.82, 2.24) is 9.99 Å². The normalized spacial score (nSPS) is 11.4. The Morgan fingerprint density at radius 2 is 2.12 bits per heavy atom. The molecule has 0 saturated heterocycles. The molecule has 1 aromatic carbocycles. The van der Waals surface area contributed by atoms with E-state index in [0.29, 0.717) is 12.2 Å². The van der Waals surface area contributed by atoms with E-state index in [1.165, 1.54) is 0 Å². The van der Waals surface area contributed by atoms with Crippen molar-refractivity contribution in [3.8, 4) is 5.75 Å². The second-order valence-corrected chi connectivity index (χ2v) is 5.83. The lowest BCUT2D eigenvalue weighted by Crippen LogP contribution is -2.16. The standard InChI is InChI=1S/C19H21N3O3/c1-5-24-16-6-7-17-14(9-16)10-18(25-17)19(23)21-20-11-15-8-12(2)22(4)13(15)3/h6-11H,5H2,1-4H3,(H,21,23)/b20-11+. The van der Waals surface area contributed by atoms with Crippen LogP contribution in [0.5, 0.6) is 5.75 Å². The second-order valence-electron chi connectivity index (χ2n) is 5.83. The first-order valence-corrected chi connectivity index (χ1v) is 8.12. The zero-order valence-electron chi connectivity index (χ0n) is 14.8. The number of carbonyl (C=O) groups excluding carboxylic acids is 1. The number of ether oxygens (including phenoxy) is 1. The minimum atomic E-state index is -0.393. The van der Waals surface area contributed by atoms with Gasteiger partial charge in [0.05, 0.1) is 12.8 Å². The fourth-order valence-corrected chi connectivity index (χ4v) is 2.62. The second kappa shape index (κ2) is 6.84. The van der Waals surface area contributed by atoms with E-state index in [0.717, 1.165) is 28.1 Å². The number of carbonyl (C=O) groups is 1. The van der Waals surface area contributed by atoms with Gasteiger partial charge in [-0.3, -0.25) is 4.79 Å². The molecule has 0 saturated carbocycles. The molecule has 0 aliphatic rings. The molecular formula is C19H21N3O3. The molecule has 0 aliphatic carbocycles. The van der Waals surface area contributed by atoms with Gasteiger partial charge in [0.25, 0.3) is 0 Å². The summed E-state index contributed by atoms with van der Waals surface area (Å²) in [6, 6.07) is 9.15. The molecule has 0 radical (unpaired) electrons. The van der Waals surface area contributed by atoms with Gasteiger partial charge in [0.1, 0.15) is 11.3 Å². The van der Waals surface area contributed by atoms with E-state index >= 15 is 0 Å². The van der Waals surface area contributed by atoms with Crippen LogP contribution in [-0.4, -0.2) is 23.3 Å². The summed E-state index contributed by atoms with van der Waals surface area (Å²) < 4.78 is 13.1. The van der Waals surface area contributed by atoms with Crippen LogP contribution in [0.3, 0.4) is 0 Å². The number of hydrogen-bond acceptors (Lipinski definition) is 4. The van der Waals surface area contributed by atoms with Crippen molar-refractivity contribution in [2.45, 2.75) is 20.8 Å². The third-order valence-electron chi connectivity index (χ3n) is 4.21. The molecule has 0 bridgehead atoms. The summed E-state index contributed by atoms with van der Waals surface area (Å²) >= 11 is 0. The summed E-state index contributed by atoms with van der Waals surface area (Å²) in [4.78, 5) is 12.2. The smallest absolute Gasteiger partial charge is 0.307 e. The molecule has 1 amide bonds. The van der Waals surface area contributed by atoms with E-state index in [9.17, 15) is 4.79 Å². The predicted molar refractivity (Wildman–Crippen MR) is 97.3 cm³/mol. The largest absolute Gasteiger partial charge is 0.494 e. The molecule has 25 heavy (non-hydrogen) atoms. The van der Waals surface area contributed by atoms with E-state index in [2.05, 4.69) is 15.1 Å². The Hall–Kier alpha value is -3.02. The number of hydrogen-bond donors (Lipinski definition) is 1. The maximum absolute atomic E-state index is 12.2. The SMILES string of the molecule is CCOc1ccc2oc(C(=O)N/N=C/c3cc(C)n(C)c3C)cc2c1. The first-order valence-electron chi connectivity index (χ1n) is 8.12. The highest BCUT2D eigenvalue weighted by molar-refractivity contribution is 5.96. The third kappa shape index (κ3) is 3.42. The monoisotopic (exact) mass is 339 g/mol. The lowest BCUT2D eigenvalue weighted by atomic mass is 10.2. The average molecular weight is 339 g/mol. The number of amides is 1. The molecule has 0 aliphatic heterocycles. The quantitative estimate of drug-likeness (QED) is 0.571. The van der Waals surface area contributed by atoms with Crippen LogP contribution in [0.2, 0.25) is 0 Å². The van der Waals surface area contributed by atoms with Crippen LogP contribution >= 0.6 is 0 Å². The van der Waals surface area contributed by atoms with E-state index in [4.69, 9.17) is 9.15 Å². The Morgan fingerprint density at radius 3 is 2.80 bits per heavy atom. The number of nitrogens with one attached hydrogen (secondary N) is 1. The van der Waals surface area contributed by atoms with Crippen LogP contribution in [0.25, 0.3) is 11.0 Å². The van der Waals surface area contributed by atoms with Gasteiger partial charge in [-0.2, -0.15) is 5.10 Å². The van der Waals surface area contributed by atoms with Gasteiger partial charge in [-0.25, -0.2) is 5.43 Å². The summed E-state index contributed by atoms with van der Waals surface area (Å²) in [7, 11) is 1.99. The molecule has 2 aromatic heterocycles. The van der Waals surface area contributed by atoms with E-state index in [1.54, 1.807) is 18.3 Å². The number of benzene rings is 1. The van der Waals surface area contributed by atoms with E-state index in [-0.39, 0.29) is 5.76 Å². The average Bonchev–Trinajstić information content (AvgIpc) is 3.12. The van der Waals surface area contributed by atoms with Crippen LogP contribution in [0.4, 0.5) is 0 Å². The third-order valence-corrected chi connectivity index (χ3v) is 4.21. The Balaban J connectivity index is 1.73. The summed E-state index contributed by atoms with van der Waals surface area (Å²) in [5.74, 6) is 0.563. The number of furan rings is 1. The van der Waals surface area contributed by atoms with Crippen LogP contribution in [0.15, 0.2) is 39.9 Å². The lowest BCUT2D eigenvalue weighted by molar-refractivity contribution is 0.0929.